The molecule has 0 saturated heterocycles. The first-order valence-electron chi connectivity index (χ1n) is 7.57. The van der Waals surface area contributed by atoms with Crippen molar-refractivity contribution in [3.8, 4) is 0 Å². The smallest absolute Gasteiger partial charge is 0.313 e. The van der Waals surface area contributed by atoms with E-state index in [1.807, 2.05) is 0 Å². The van der Waals surface area contributed by atoms with Crippen molar-refractivity contribution in [2.75, 3.05) is 13.2 Å². The summed E-state index contributed by atoms with van der Waals surface area (Å²) in [6, 6.07) is 4.76. The summed E-state index contributed by atoms with van der Waals surface area (Å²) in [6.07, 6.45) is 0.991. The number of hydrogen-bond acceptors (Lipinski definition) is 4. The maximum absolute atomic E-state index is 14.1. The van der Waals surface area contributed by atoms with Gasteiger partial charge in [0.15, 0.2) is 0 Å². The van der Waals surface area contributed by atoms with Crippen molar-refractivity contribution in [3.05, 3.63) is 35.1 Å². The van der Waals surface area contributed by atoms with Gasteiger partial charge in [0.25, 0.3) is 0 Å². The summed E-state index contributed by atoms with van der Waals surface area (Å²) >= 11 is 0. The Labute approximate surface area is 130 Å². The van der Waals surface area contributed by atoms with Gasteiger partial charge in [-0.3, -0.25) is 9.59 Å². The third kappa shape index (κ3) is 5.47. The van der Waals surface area contributed by atoms with Crippen LogP contribution >= 0.6 is 0 Å². The van der Waals surface area contributed by atoms with E-state index in [9.17, 15) is 14.0 Å². The average molecular weight is 310 g/mol. The number of halogens is 1. The van der Waals surface area contributed by atoms with Gasteiger partial charge in [0.05, 0.1) is 19.1 Å². The van der Waals surface area contributed by atoms with Crippen molar-refractivity contribution in [1.29, 1.82) is 0 Å². The molecule has 4 nitrogen and oxygen atoms in total. The fourth-order valence-electron chi connectivity index (χ4n) is 2.24. The molecule has 5 heteroatoms. The molecule has 0 aliphatic rings. The van der Waals surface area contributed by atoms with Gasteiger partial charge in [-0.15, -0.1) is 0 Å². The molecule has 1 rings (SSSR count). The van der Waals surface area contributed by atoms with Crippen molar-refractivity contribution < 1.29 is 23.5 Å². The minimum absolute atomic E-state index is 0.206. The van der Waals surface area contributed by atoms with Gasteiger partial charge in [0.1, 0.15) is 5.82 Å². The van der Waals surface area contributed by atoms with Gasteiger partial charge in [0.2, 0.25) is 0 Å². The molecule has 1 aromatic carbocycles. The van der Waals surface area contributed by atoms with Crippen LogP contribution in [0.25, 0.3) is 0 Å². The second-order valence-electron chi connectivity index (χ2n) is 5.03. The first-order chi connectivity index (χ1) is 10.5. The molecule has 0 amide bonds. The van der Waals surface area contributed by atoms with Crippen LogP contribution in [0.4, 0.5) is 4.39 Å². The van der Waals surface area contributed by atoms with Crippen molar-refractivity contribution in [1.82, 2.24) is 0 Å². The Kier molecular flexibility index (Phi) is 7.57. The van der Waals surface area contributed by atoms with Gasteiger partial charge in [0, 0.05) is 12.0 Å². The van der Waals surface area contributed by atoms with E-state index in [4.69, 9.17) is 9.47 Å². The Morgan fingerprint density at radius 3 is 2.45 bits per heavy atom. The van der Waals surface area contributed by atoms with E-state index < -0.39 is 17.7 Å². The summed E-state index contributed by atoms with van der Waals surface area (Å²) in [5, 5.41) is 0. The third-order valence-electron chi connectivity index (χ3n) is 3.28. The highest BCUT2D eigenvalue weighted by Gasteiger charge is 2.25. The molecule has 0 N–H and O–H groups in total. The van der Waals surface area contributed by atoms with Gasteiger partial charge in [-0.05, 0) is 45.2 Å². The molecule has 0 radical (unpaired) electrons. The molecule has 122 valence electrons. The monoisotopic (exact) mass is 310 g/mol. The van der Waals surface area contributed by atoms with E-state index in [1.54, 1.807) is 32.9 Å². The molecule has 0 spiro atoms. The number of hydrogen-bond donors (Lipinski definition) is 0. The molecule has 0 fully saturated rings. The lowest BCUT2D eigenvalue weighted by molar-refractivity contribution is -0.146. The van der Waals surface area contributed by atoms with Crippen LogP contribution in [0, 0.1) is 12.7 Å². The maximum atomic E-state index is 14.1. The van der Waals surface area contributed by atoms with Crippen molar-refractivity contribution in [2.24, 2.45) is 0 Å². The minimum Gasteiger partial charge on any atom is -0.466 e. The Morgan fingerprint density at radius 1 is 1.18 bits per heavy atom. The van der Waals surface area contributed by atoms with E-state index in [0.717, 1.165) is 5.56 Å². The van der Waals surface area contributed by atoms with Gasteiger partial charge in [-0.1, -0.05) is 12.1 Å². The summed E-state index contributed by atoms with van der Waals surface area (Å²) in [5.41, 5.74) is 1.10. The molecular formula is C17H23FO4. The normalized spacial score (nSPS) is 11.8. The predicted octanol–water partition coefficient (Wildman–Crippen LogP) is 3.51. The zero-order valence-electron chi connectivity index (χ0n) is 13.4. The van der Waals surface area contributed by atoms with Gasteiger partial charge in [-0.2, -0.15) is 0 Å². The molecule has 0 aliphatic carbocycles. The van der Waals surface area contributed by atoms with Crippen LogP contribution in [0.2, 0.25) is 0 Å². The quantitative estimate of drug-likeness (QED) is 0.689. The standard InChI is InChI=1S/C17H23FO4/c1-4-21-16(19)8-6-7-14(17(20)22-5-2)13-10-9-12(3)11-15(13)18/h9-11,14H,4-8H2,1-3H3. The predicted molar refractivity (Wildman–Crippen MR) is 81.0 cm³/mol. The topological polar surface area (TPSA) is 52.6 Å². The highest BCUT2D eigenvalue weighted by Crippen LogP contribution is 2.27. The summed E-state index contributed by atoms with van der Waals surface area (Å²) in [4.78, 5) is 23.4. The lowest BCUT2D eigenvalue weighted by Gasteiger charge is -2.17. The van der Waals surface area contributed by atoms with E-state index in [0.29, 0.717) is 25.0 Å². The lowest BCUT2D eigenvalue weighted by atomic mass is 9.92. The fraction of sp³-hybridized carbons (Fsp3) is 0.529. The van der Waals surface area contributed by atoms with Crippen LogP contribution in [-0.2, 0) is 19.1 Å². The molecule has 1 aromatic rings. The average Bonchev–Trinajstić information content (AvgIpc) is 2.45. The number of rotatable bonds is 8. The summed E-state index contributed by atoms with van der Waals surface area (Å²) < 4.78 is 24.0. The third-order valence-corrected chi connectivity index (χ3v) is 3.28. The maximum Gasteiger partial charge on any atom is 0.313 e. The Hall–Kier alpha value is -1.91. The number of aryl methyl sites for hydroxylation is 1. The van der Waals surface area contributed by atoms with Crippen LogP contribution < -0.4 is 0 Å². The lowest BCUT2D eigenvalue weighted by Crippen LogP contribution is -2.18. The van der Waals surface area contributed by atoms with Crippen LogP contribution in [0.15, 0.2) is 18.2 Å². The van der Waals surface area contributed by atoms with Crippen molar-refractivity contribution in [2.45, 2.75) is 46.0 Å². The SMILES string of the molecule is CCOC(=O)CCCC(C(=O)OCC)c1ccc(C)cc1F. The zero-order valence-corrected chi connectivity index (χ0v) is 13.4. The second-order valence-corrected chi connectivity index (χ2v) is 5.03. The Bertz CT molecular complexity index is 513. The summed E-state index contributed by atoms with van der Waals surface area (Å²) in [5.74, 6) is -1.90. The number of benzene rings is 1. The molecule has 0 heterocycles. The molecule has 1 unspecified atom stereocenters. The molecule has 0 saturated carbocycles. The first kappa shape index (κ1) is 18.1. The van der Waals surface area contributed by atoms with Crippen LogP contribution in [0.3, 0.4) is 0 Å². The van der Waals surface area contributed by atoms with Gasteiger partial charge >= 0.3 is 11.9 Å². The molecule has 0 aliphatic heterocycles. The fourth-order valence-corrected chi connectivity index (χ4v) is 2.24. The largest absolute Gasteiger partial charge is 0.466 e. The highest BCUT2D eigenvalue weighted by molar-refractivity contribution is 5.78. The van der Waals surface area contributed by atoms with E-state index in [2.05, 4.69) is 0 Å². The first-order valence-corrected chi connectivity index (χ1v) is 7.57. The summed E-state index contributed by atoms with van der Waals surface area (Å²) in [6.45, 7) is 5.79. The second kappa shape index (κ2) is 9.18. The molecular weight excluding hydrogens is 287 g/mol. The number of ether oxygens (including phenoxy) is 2. The molecule has 0 bridgehead atoms. The number of esters is 2. The van der Waals surface area contributed by atoms with E-state index in [1.165, 1.54) is 6.07 Å². The van der Waals surface area contributed by atoms with Crippen LogP contribution in [-0.4, -0.2) is 25.2 Å². The number of carbonyl (C=O) groups excluding carboxylic acids is 2. The van der Waals surface area contributed by atoms with Crippen LogP contribution in [0.5, 0.6) is 0 Å². The van der Waals surface area contributed by atoms with Gasteiger partial charge < -0.3 is 9.47 Å². The van der Waals surface area contributed by atoms with Crippen molar-refractivity contribution in [3.63, 3.8) is 0 Å². The number of carbonyl (C=O) groups is 2. The van der Waals surface area contributed by atoms with Crippen LogP contribution in [0.1, 0.15) is 50.2 Å². The molecule has 0 aromatic heterocycles. The van der Waals surface area contributed by atoms with E-state index in [-0.39, 0.29) is 19.0 Å². The minimum atomic E-state index is -0.699. The highest BCUT2D eigenvalue weighted by atomic mass is 19.1. The summed E-state index contributed by atoms with van der Waals surface area (Å²) in [7, 11) is 0. The Morgan fingerprint density at radius 2 is 1.86 bits per heavy atom. The van der Waals surface area contributed by atoms with E-state index >= 15 is 0 Å². The van der Waals surface area contributed by atoms with Crippen molar-refractivity contribution >= 4 is 11.9 Å². The molecule has 22 heavy (non-hydrogen) atoms. The molecule has 1 atom stereocenters. The zero-order chi connectivity index (χ0) is 16.5. The Balaban J connectivity index is 2.80. The van der Waals surface area contributed by atoms with Gasteiger partial charge in [-0.25, -0.2) is 4.39 Å².